The lowest BCUT2D eigenvalue weighted by atomic mass is 10.4. The van der Waals surface area contributed by atoms with Gasteiger partial charge in [-0.2, -0.15) is 0 Å². The van der Waals surface area contributed by atoms with Crippen molar-refractivity contribution in [1.29, 1.82) is 0 Å². The molecule has 0 radical (unpaired) electrons. The Morgan fingerprint density at radius 1 is 1.58 bits per heavy atom. The Balaban J connectivity index is 3.66. The predicted octanol–water partition coefficient (Wildman–Crippen LogP) is -0.497. The average molecular weight is 170 g/mol. The Morgan fingerprint density at radius 3 is 2.58 bits per heavy atom. The van der Waals surface area contributed by atoms with Crippen molar-refractivity contribution in [3.63, 3.8) is 0 Å². The van der Waals surface area contributed by atoms with Crippen LogP contribution in [0.5, 0.6) is 0 Å². The molecule has 0 saturated heterocycles. The number of aliphatic hydroxyl groups excluding tert-OH is 1. The molecule has 0 aromatic heterocycles. The van der Waals surface area contributed by atoms with E-state index < -0.39 is 12.1 Å². The molecule has 0 aromatic carbocycles. The first kappa shape index (κ1) is 10.7. The fourth-order valence-corrected chi connectivity index (χ4v) is 0.388. The monoisotopic (exact) mass is 170 g/mol. The zero-order valence-electron chi connectivity index (χ0n) is 6.96. The van der Waals surface area contributed by atoms with Crippen molar-refractivity contribution >= 4 is 11.8 Å². The van der Waals surface area contributed by atoms with Gasteiger partial charge >= 0.3 is 5.97 Å². The number of carbonyl (C=O) groups is 2. The van der Waals surface area contributed by atoms with E-state index in [0.29, 0.717) is 0 Å². The quantitative estimate of drug-likeness (QED) is 0.345. The molecule has 4 heteroatoms. The minimum Gasteiger partial charge on any atom is -0.451 e. The topological polar surface area (TPSA) is 63.6 Å². The molecule has 0 heterocycles. The molecule has 12 heavy (non-hydrogen) atoms. The van der Waals surface area contributed by atoms with Crippen LogP contribution in [-0.4, -0.2) is 29.6 Å². The first-order valence-corrected chi connectivity index (χ1v) is 3.38. The van der Waals surface area contributed by atoms with Crippen molar-refractivity contribution in [2.45, 2.75) is 20.0 Å². The lowest BCUT2D eigenvalue weighted by Crippen LogP contribution is -2.19. The second-order valence-electron chi connectivity index (χ2n) is 2.14. The molecule has 0 bridgehead atoms. The molecule has 0 rings (SSSR count). The highest BCUT2D eigenvalue weighted by Gasteiger charge is 2.07. The molecule has 0 aliphatic rings. The average Bonchev–Trinajstić information content (AvgIpc) is 1.97. The summed E-state index contributed by atoms with van der Waals surface area (Å²) in [6.45, 7) is 2.44. The number of hydrogen-bond donors (Lipinski definition) is 1. The minimum absolute atomic E-state index is 0.163. The third-order valence-corrected chi connectivity index (χ3v) is 0.892. The second kappa shape index (κ2) is 5.33. The van der Waals surface area contributed by atoms with Crippen LogP contribution in [0.2, 0.25) is 0 Å². The summed E-state index contributed by atoms with van der Waals surface area (Å²) in [5, 5.41) is 8.64. The minimum atomic E-state index is -1.15. The number of esters is 1. The Hall–Kier alpha value is -1.34. The van der Waals surface area contributed by atoms with Crippen LogP contribution >= 0.6 is 0 Å². The third kappa shape index (κ3) is 5.45. The summed E-state index contributed by atoms with van der Waals surface area (Å²) in [6, 6.07) is 0. The number of aliphatic hydroxyl groups is 1. The van der Waals surface area contributed by atoms with Gasteiger partial charge in [0, 0.05) is 6.92 Å². The Kier molecular flexibility index (Phi) is 4.73. The summed E-state index contributed by atoms with van der Waals surface area (Å²) in [6.07, 6.45) is -1.15. The van der Waals surface area contributed by atoms with Crippen LogP contribution in [0, 0.1) is 11.8 Å². The van der Waals surface area contributed by atoms with Crippen LogP contribution < -0.4 is 0 Å². The largest absolute Gasteiger partial charge is 0.451 e. The lowest BCUT2D eigenvalue weighted by Gasteiger charge is -2.01. The van der Waals surface area contributed by atoms with E-state index in [0.717, 1.165) is 0 Å². The van der Waals surface area contributed by atoms with Gasteiger partial charge in [-0.05, 0) is 12.8 Å². The van der Waals surface area contributed by atoms with E-state index in [1.807, 2.05) is 0 Å². The van der Waals surface area contributed by atoms with Gasteiger partial charge in [0.25, 0.3) is 0 Å². The van der Waals surface area contributed by atoms with Gasteiger partial charge < -0.3 is 9.84 Å². The van der Waals surface area contributed by atoms with Gasteiger partial charge in [0.2, 0.25) is 5.78 Å². The van der Waals surface area contributed by atoms with Crippen LogP contribution in [-0.2, 0) is 14.3 Å². The van der Waals surface area contributed by atoms with E-state index in [-0.39, 0.29) is 12.4 Å². The normalized spacial score (nSPS) is 10.9. The van der Waals surface area contributed by atoms with E-state index >= 15 is 0 Å². The first-order valence-electron chi connectivity index (χ1n) is 3.38. The summed E-state index contributed by atoms with van der Waals surface area (Å²) in [4.78, 5) is 20.8. The summed E-state index contributed by atoms with van der Waals surface area (Å²) >= 11 is 0. The smallest absolute Gasteiger partial charge is 0.335 e. The highest BCUT2D eigenvalue weighted by atomic mass is 16.5. The van der Waals surface area contributed by atoms with Gasteiger partial charge in [0.15, 0.2) is 6.61 Å². The van der Waals surface area contributed by atoms with Gasteiger partial charge in [-0.3, -0.25) is 4.79 Å². The van der Waals surface area contributed by atoms with E-state index in [9.17, 15) is 9.59 Å². The molecule has 0 aliphatic carbocycles. The van der Waals surface area contributed by atoms with Crippen LogP contribution in [0.1, 0.15) is 13.8 Å². The zero-order chi connectivity index (χ0) is 9.56. The number of rotatable bonds is 2. The Labute approximate surface area is 70.5 Å². The molecular formula is C8H10O4. The SMILES string of the molecule is CC(=O)C#CCOC(=O)C(C)O. The lowest BCUT2D eigenvalue weighted by molar-refractivity contribution is -0.150. The summed E-state index contributed by atoms with van der Waals surface area (Å²) in [7, 11) is 0. The molecule has 0 fully saturated rings. The van der Waals surface area contributed by atoms with Crippen LogP contribution in [0.15, 0.2) is 0 Å². The van der Waals surface area contributed by atoms with Crippen molar-refractivity contribution in [2.75, 3.05) is 6.61 Å². The molecule has 0 aromatic rings. The molecule has 1 N–H and O–H groups in total. The molecule has 4 nitrogen and oxygen atoms in total. The van der Waals surface area contributed by atoms with Gasteiger partial charge in [0.05, 0.1) is 0 Å². The van der Waals surface area contributed by atoms with Crippen molar-refractivity contribution in [1.82, 2.24) is 0 Å². The number of ether oxygens (including phenoxy) is 1. The van der Waals surface area contributed by atoms with Crippen LogP contribution in [0.4, 0.5) is 0 Å². The van der Waals surface area contributed by atoms with Gasteiger partial charge in [-0.25, -0.2) is 4.79 Å². The molecule has 66 valence electrons. The maximum absolute atomic E-state index is 10.6. The third-order valence-electron chi connectivity index (χ3n) is 0.892. The molecule has 1 atom stereocenters. The standard InChI is InChI=1S/C8H10O4/c1-6(9)4-3-5-12-8(11)7(2)10/h7,10H,5H2,1-2H3. The molecule has 0 amide bonds. The first-order chi connectivity index (χ1) is 5.54. The van der Waals surface area contributed by atoms with Crippen molar-refractivity contribution in [2.24, 2.45) is 0 Å². The van der Waals surface area contributed by atoms with Crippen molar-refractivity contribution in [3.05, 3.63) is 0 Å². The van der Waals surface area contributed by atoms with Crippen molar-refractivity contribution in [3.8, 4) is 11.8 Å². The van der Waals surface area contributed by atoms with Gasteiger partial charge in [-0.15, -0.1) is 0 Å². The van der Waals surface area contributed by atoms with E-state index in [4.69, 9.17) is 5.11 Å². The molecule has 0 saturated carbocycles. The fourth-order valence-electron chi connectivity index (χ4n) is 0.388. The van der Waals surface area contributed by atoms with E-state index in [2.05, 4.69) is 16.6 Å². The molecule has 1 unspecified atom stereocenters. The number of Topliss-reactive ketones (excluding diaryl/α,β-unsaturated/α-hetero) is 1. The van der Waals surface area contributed by atoms with E-state index in [1.165, 1.54) is 13.8 Å². The van der Waals surface area contributed by atoms with Crippen molar-refractivity contribution < 1.29 is 19.4 Å². The van der Waals surface area contributed by atoms with Gasteiger partial charge in [-0.1, -0.05) is 5.92 Å². The number of ketones is 1. The highest BCUT2D eigenvalue weighted by molar-refractivity contribution is 5.93. The van der Waals surface area contributed by atoms with E-state index in [1.54, 1.807) is 0 Å². The van der Waals surface area contributed by atoms with Crippen LogP contribution in [0.25, 0.3) is 0 Å². The van der Waals surface area contributed by atoms with Crippen LogP contribution in [0.3, 0.4) is 0 Å². The molecule has 0 aliphatic heterocycles. The highest BCUT2D eigenvalue weighted by Crippen LogP contribution is 1.84. The summed E-state index contributed by atoms with van der Waals surface area (Å²) in [5.41, 5.74) is 0. The van der Waals surface area contributed by atoms with Gasteiger partial charge in [0.1, 0.15) is 6.10 Å². The molecule has 0 spiro atoms. The predicted molar refractivity (Wildman–Crippen MR) is 41.1 cm³/mol. The summed E-state index contributed by atoms with van der Waals surface area (Å²) in [5.74, 6) is 3.48. The maximum atomic E-state index is 10.6. The Morgan fingerprint density at radius 2 is 2.17 bits per heavy atom. The number of hydrogen-bond acceptors (Lipinski definition) is 4. The second-order valence-corrected chi connectivity index (χ2v) is 2.14. The number of carbonyl (C=O) groups excluding carboxylic acids is 2. The molecular weight excluding hydrogens is 160 g/mol. The zero-order valence-corrected chi connectivity index (χ0v) is 6.96. The Bertz CT molecular complexity index is 231. The summed E-state index contributed by atoms with van der Waals surface area (Å²) < 4.78 is 4.44. The maximum Gasteiger partial charge on any atom is 0.335 e. The fraction of sp³-hybridized carbons (Fsp3) is 0.500.